The van der Waals surface area contributed by atoms with Crippen molar-refractivity contribution in [3.8, 4) is 22.6 Å². The fourth-order valence-electron chi connectivity index (χ4n) is 2.34. The van der Waals surface area contributed by atoms with Gasteiger partial charge in [0.2, 0.25) is 0 Å². The summed E-state index contributed by atoms with van der Waals surface area (Å²) in [5, 5.41) is 3.76. The Hall–Kier alpha value is -1.20. The highest BCUT2D eigenvalue weighted by atomic mass is 35.5. The number of nitrogens with zero attached hydrogens (tertiary/aromatic N) is 1. The molecule has 0 unspecified atom stereocenters. The van der Waals surface area contributed by atoms with Gasteiger partial charge in [-0.3, -0.25) is 0 Å². The summed E-state index contributed by atoms with van der Waals surface area (Å²) in [6.45, 7) is 0.643. The van der Waals surface area contributed by atoms with Crippen molar-refractivity contribution in [2.45, 2.75) is 18.4 Å². The van der Waals surface area contributed by atoms with Gasteiger partial charge in [0.15, 0.2) is 0 Å². The van der Waals surface area contributed by atoms with E-state index in [1.165, 1.54) is 0 Å². The molecule has 1 aliphatic carbocycles. The van der Waals surface area contributed by atoms with Crippen LogP contribution in [0.2, 0.25) is 5.15 Å². The van der Waals surface area contributed by atoms with Crippen molar-refractivity contribution in [2.75, 3.05) is 20.8 Å². The Morgan fingerprint density at radius 1 is 1.21 bits per heavy atom. The number of hydrogen-bond acceptors (Lipinski definition) is 4. The number of pyridine rings is 1. The van der Waals surface area contributed by atoms with Crippen molar-refractivity contribution in [1.82, 2.24) is 10.3 Å². The Morgan fingerprint density at radius 3 is 2.58 bits per heavy atom. The van der Waals surface area contributed by atoms with Gasteiger partial charge in [0.05, 0.1) is 18.8 Å². The van der Waals surface area contributed by atoms with Crippen LogP contribution in [0.4, 0.5) is 0 Å². The number of likely N-dealkylation sites (N-methyl/N-ethyl adjacent to an activating group) is 1. The average molecular weight is 392 g/mol. The maximum atomic E-state index is 6.24. The first-order chi connectivity index (χ1) is 10.7. The molecule has 4 nitrogen and oxygen atoms in total. The van der Waals surface area contributed by atoms with Gasteiger partial charge < -0.3 is 14.8 Å². The lowest BCUT2D eigenvalue weighted by Gasteiger charge is -2.16. The fourth-order valence-corrected chi connectivity index (χ4v) is 2.55. The van der Waals surface area contributed by atoms with E-state index in [4.69, 9.17) is 21.1 Å². The normalized spacial score (nSPS) is 14.1. The van der Waals surface area contributed by atoms with E-state index in [9.17, 15) is 0 Å². The van der Waals surface area contributed by atoms with E-state index in [0.717, 1.165) is 35.5 Å². The minimum Gasteiger partial charge on any atom is -0.497 e. The van der Waals surface area contributed by atoms with Crippen LogP contribution < -0.4 is 14.8 Å². The molecule has 24 heavy (non-hydrogen) atoms. The molecule has 1 heterocycles. The molecule has 0 aliphatic heterocycles. The summed E-state index contributed by atoms with van der Waals surface area (Å²) in [4.78, 5) is 4.24. The Balaban J connectivity index is 0.00000144. The molecular formula is C17H21Cl3N2O2. The average Bonchev–Trinajstić information content (AvgIpc) is 3.35. The largest absolute Gasteiger partial charge is 0.497 e. The zero-order valence-electron chi connectivity index (χ0n) is 13.5. The van der Waals surface area contributed by atoms with E-state index in [0.29, 0.717) is 11.8 Å². The van der Waals surface area contributed by atoms with E-state index in [1.807, 2.05) is 37.4 Å². The van der Waals surface area contributed by atoms with Gasteiger partial charge in [0.1, 0.15) is 23.3 Å². The highest BCUT2D eigenvalue weighted by molar-refractivity contribution is 6.32. The molecule has 0 bridgehead atoms. The van der Waals surface area contributed by atoms with E-state index in [1.54, 1.807) is 13.3 Å². The summed E-state index contributed by atoms with van der Waals surface area (Å²) in [7, 11) is 3.61. The van der Waals surface area contributed by atoms with Crippen molar-refractivity contribution in [3.63, 3.8) is 0 Å². The summed E-state index contributed by atoms with van der Waals surface area (Å²) >= 11 is 6.24. The van der Waals surface area contributed by atoms with Crippen LogP contribution in [0.15, 0.2) is 36.5 Å². The van der Waals surface area contributed by atoms with Crippen LogP contribution in [-0.2, 0) is 0 Å². The molecule has 7 heteroatoms. The van der Waals surface area contributed by atoms with Gasteiger partial charge in [-0.2, -0.15) is 0 Å². The first-order valence-corrected chi connectivity index (χ1v) is 7.65. The Kier molecular flexibility index (Phi) is 7.61. The number of ether oxygens (including phenoxy) is 2. The fraction of sp³-hybridized carbons (Fsp3) is 0.353. The topological polar surface area (TPSA) is 43.4 Å². The van der Waals surface area contributed by atoms with Crippen LogP contribution in [-0.4, -0.2) is 31.3 Å². The van der Waals surface area contributed by atoms with E-state index >= 15 is 0 Å². The summed E-state index contributed by atoms with van der Waals surface area (Å²) < 4.78 is 11.1. The van der Waals surface area contributed by atoms with Gasteiger partial charge in [-0.25, -0.2) is 4.98 Å². The molecule has 1 aromatic carbocycles. The summed E-state index contributed by atoms with van der Waals surface area (Å²) in [5.41, 5.74) is 1.93. The van der Waals surface area contributed by atoms with Crippen molar-refractivity contribution in [1.29, 1.82) is 0 Å². The molecule has 1 aromatic heterocycles. The second kappa shape index (κ2) is 8.77. The Morgan fingerprint density at radius 2 is 1.96 bits per heavy atom. The van der Waals surface area contributed by atoms with Crippen molar-refractivity contribution < 1.29 is 9.47 Å². The number of rotatable bonds is 6. The second-order valence-electron chi connectivity index (χ2n) is 5.56. The molecule has 0 spiro atoms. The van der Waals surface area contributed by atoms with Crippen LogP contribution in [0.5, 0.6) is 11.5 Å². The Bertz CT molecular complexity index is 679. The number of nitrogens with one attached hydrogen (secondary N) is 1. The maximum absolute atomic E-state index is 6.24. The minimum absolute atomic E-state index is 0. The quantitative estimate of drug-likeness (QED) is 0.742. The SMILES string of the molecule is CNC1(COc2cnc(Cl)c(-c3cccc(OC)c3)c2)CC1.Cl.Cl. The molecule has 0 radical (unpaired) electrons. The first kappa shape index (κ1) is 20.8. The molecule has 132 valence electrons. The zero-order chi connectivity index (χ0) is 15.6. The van der Waals surface area contributed by atoms with Crippen LogP contribution in [0.3, 0.4) is 0 Å². The molecule has 1 fully saturated rings. The lowest BCUT2D eigenvalue weighted by atomic mass is 10.1. The first-order valence-electron chi connectivity index (χ1n) is 7.27. The van der Waals surface area contributed by atoms with E-state index in [2.05, 4.69) is 10.3 Å². The van der Waals surface area contributed by atoms with Gasteiger partial charge in [-0.1, -0.05) is 23.7 Å². The molecule has 1 N–H and O–H groups in total. The van der Waals surface area contributed by atoms with Crippen LogP contribution in [0.1, 0.15) is 12.8 Å². The van der Waals surface area contributed by atoms with E-state index < -0.39 is 0 Å². The maximum Gasteiger partial charge on any atom is 0.138 e. The predicted molar refractivity (Wildman–Crippen MR) is 102 cm³/mol. The van der Waals surface area contributed by atoms with Gasteiger partial charge in [0.25, 0.3) is 0 Å². The number of hydrogen-bond donors (Lipinski definition) is 1. The monoisotopic (exact) mass is 390 g/mol. The van der Waals surface area contributed by atoms with Gasteiger partial charge in [-0.05, 0) is 43.7 Å². The minimum atomic E-state index is 0. The second-order valence-corrected chi connectivity index (χ2v) is 5.92. The molecule has 2 aromatic rings. The summed E-state index contributed by atoms with van der Waals surface area (Å²) in [6.07, 6.45) is 3.96. The highest BCUT2D eigenvalue weighted by Crippen LogP contribution is 2.36. The smallest absolute Gasteiger partial charge is 0.138 e. The van der Waals surface area contributed by atoms with Crippen LogP contribution in [0.25, 0.3) is 11.1 Å². The number of aromatic nitrogens is 1. The highest BCUT2D eigenvalue weighted by Gasteiger charge is 2.41. The molecular weight excluding hydrogens is 371 g/mol. The van der Waals surface area contributed by atoms with Gasteiger partial charge >= 0.3 is 0 Å². The predicted octanol–water partition coefficient (Wildman–Crippen LogP) is 4.39. The van der Waals surface area contributed by atoms with Crippen molar-refractivity contribution in [2.24, 2.45) is 0 Å². The van der Waals surface area contributed by atoms with Gasteiger partial charge in [0, 0.05) is 5.56 Å². The molecule has 0 amide bonds. The third-order valence-corrected chi connectivity index (χ3v) is 4.39. The zero-order valence-corrected chi connectivity index (χ0v) is 15.9. The number of benzene rings is 1. The van der Waals surface area contributed by atoms with Crippen molar-refractivity contribution in [3.05, 3.63) is 41.7 Å². The standard InChI is InChI=1S/C17H19ClN2O2.2ClH/c1-19-17(6-7-17)11-22-14-9-15(16(18)20-10-14)12-4-3-5-13(8-12)21-2;;/h3-5,8-10,19H,6-7,11H2,1-2H3;2*1H. The molecule has 0 saturated heterocycles. The molecule has 1 aliphatic rings. The molecule has 3 rings (SSSR count). The third-order valence-electron chi connectivity index (χ3n) is 4.09. The van der Waals surface area contributed by atoms with Crippen LogP contribution in [0, 0.1) is 0 Å². The molecule has 1 saturated carbocycles. The number of halogens is 3. The lowest BCUT2D eigenvalue weighted by molar-refractivity contribution is 0.259. The Labute approximate surface area is 159 Å². The summed E-state index contributed by atoms with van der Waals surface area (Å²) in [5.74, 6) is 1.51. The van der Waals surface area contributed by atoms with E-state index in [-0.39, 0.29) is 30.4 Å². The van der Waals surface area contributed by atoms with Crippen LogP contribution >= 0.6 is 36.4 Å². The lowest BCUT2D eigenvalue weighted by Crippen LogP contribution is -2.33. The van der Waals surface area contributed by atoms with Crippen molar-refractivity contribution >= 4 is 36.4 Å². The number of methoxy groups -OCH3 is 1. The third kappa shape index (κ3) is 4.67. The van der Waals surface area contributed by atoms with Gasteiger partial charge in [-0.15, -0.1) is 24.8 Å². The molecule has 0 atom stereocenters. The summed E-state index contributed by atoms with van der Waals surface area (Å²) in [6, 6.07) is 9.66.